The molecule has 3 rings (SSSR count). The number of aryl methyl sites for hydroxylation is 1. The van der Waals surface area contributed by atoms with Crippen LogP contribution in [-0.4, -0.2) is 12.1 Å². The monoisotopic (exact) mass is 364 g/mol. The standard InChI is InChI=1S/C19H16F4N2O/c1-11-7-18(14-9-13(26-2)4-6-17(14)25-11)24-10-12-3-5-16(20)15(8-12)19(21,22)23/h3-9H,10H2,1-2H3,(H,24,25). The molecule has 1 N–H and O–H groups in total. The van der Waals surface area contributed by atoms with E-state index in [0.29, 0.717) is 17.0 Å². The third kappa shape index (κ3) is 3.71. The highest BCUT2D eigenvalue weighted by Crippen LogP contribution is 2.32. The van der Waals surface area contributed by atoms with E-state index in [1.165, 1.54) is 6.07 Å². The highest BCUT2D eigenvalue weighted by molar-refractivity contribution is 5.92. The SMILES string of the molecule is COc1ccc2nc(C)cc(NCc3ccc(F)c(C(F)(F)F)c3)c2c1. The average Bonchev–Trinajstić information content (AvgIpc) is 2.59. The number of methoxy groups -OCH3 is 1. The molecule has 0 bridgehead atoms. The topological polar surface area (TPSA) is 34.1 Å². The number of halogens is 4. The molecule has 0 aliphatic heterocycles. The van der Waals surface area contributed by atoms with Crippen molar-refractivity contribution in [3.63, 3.8) is 0 Å². The first-order valence-electron chi connectivity index (χ1n) is 7.83. The minimum absolute atomic E-state index is 0.110. The van der Waals surface area contributed by atoms with Crippen molar-refractivity contribution < 1.29 is 22.3 Å². The van der Waals surface area contributed by atoms with Gasteiger partial charge in [-0.15, -0.1) is 0 Å². The third-order valence-electron chi connectivity index (χ3n) is 3.96. The molecule has 0 saturated carbocycles. The summed E-state index contributed by atoms with van der Waals surface area (Å²) < 4.78 is 57.2. The van der Waals surface area contributed by atoms with E-state index in [4.69, 9.17) is 4.74 Å². The summed E-state index contributed by atoms with van der Waals surface area (Å²) in [5.74, 6) is -0.636. The van der Waals surface area contributed by atoms with Crippen molar-refractivity contribution in [1.29, 1.82) is 0 Å². The van der Waals surface area contributed by atoms with E-state index in [-0.39, 0.29) is 6.54 Å². The lowest BCUT2D eigenvalue weighted by Crippen LogP contribution is -2.10. The minimum atomic E-state index is -4.73. The molecule has 0 saturated heterocycles. The van der Waals surface area contributed by atoms with Crippen molar-refractivity contribution in [2.24, 2.45) is 0 Å². The van der Waals surface area contributed by atoms with Crippen molar-refractivity contribution in [3.8, 4) is 5.75 Å². The van der Waals surface area contributed by atoms with Crippen LogP contribution in [0.4, 0.5) is 23.2 Å². The van der Waals surface area contributed by atoms with Crippen LogP contribution in [0.25, 0.3) is 10.9 Å². The molecule has 0 amide bonds. The third-order valence-corrected chi connectivity index (χ3v) is 3.96. The van der Waals surface area contributed by atoms with E-state index < -0.39 is 17.6 Å². The molecule has 0 radical (unpaired) electrons. The largest absolute Gasteiger partial charge is 0.497 e. The Labute approximate surface area is 147 Å². The number of aromatic nitrogens is 1. The van der Waals surface area contributed by atoms with Gasteiger partial charge in [0.2, 0.25) is 0 Å². The van der Waals surface area contributed by atoms with Gasteiger partial charge in [0.1, 0.15) is 11.6 Å². The van der Waals surface area contributed by atoms with Gasteiger partial charge in [-0.3, -0.25) is 4.98 Å². The molecular formula is C19H16F4N2O. The number of hydrogen-bond donors (Lipinski definition) is 1. The van der Waals surface area contributed by atoms with Gasteiger partial charge in [0.05, 0.1) is 18.2 Å². The zero-order valence-corrected chi connectivity index (χ0v) is 14.1. The summed E-state index contributed by atoms with van der Waals surface area (Å²) in [6.07, 6.45) is -4.73. The van der Waals surface area contributed by atoms with Gasteiger partial charge in [-0.05, 0) is 48.9 Å². The summed E-state index contributed by atoms with van der Waals surface area (Å²) in [5, 5.41) is 3.89. The molecule has 2 aromatic carbocycles. The molecule has 0 spiro atoms. The number of rotatable bonds is 4. The molecule has 0 unspecified atom stereocenters. The van der Waals surface area contributed by atoms with Gasteiger partial charge in [-0.25, -0.2) is 4.39 Å². The molecule has 1 heterocycles. The molecule has 1 aromatic heterocycles. The Morgan fingerprint density at radius 2 is 1.85 bits per heavy atom. The Hall–Kier alpha value is -2.83. The summed E-state index contributed by atoms with van der Waals surface area (Å²) in [6.45, 7) is 1.94. The van der Waals surface area contributed by atoms with Crippen LogP contribution in [0.3, 0.4) is 0 Å². The highest BCUT2D eigenvalue weighted by atomic mass is 19.4. The lowest BCUT2D eigenvalue weighted by Gasteiger charge is -2.14. The summed E-state index contributed by atoms with van der Waals surface area (Å²) in [6, 6.07) is 10.2. The first-order chi connectivity index (χ1) is 12.3. The molecule has 26 heavy (non-hydrogen) atoms. The fourth-order valence-corrected chi connectivity index (χ4v) is 2.71. The lowest BCUT2D eigenvalue weighted by atomic mass is 10.1. The number of ether oxygens (including phenoxy) is 1. The number of anilines is 1. The van der Waals surface area contributed by atoms with Crippen LogP contribution in [0.5, 0.6) is 5.75 Å². The van der Waals surface area contributed by atoms with Crippen LogP contribution in [0.1, 0.15) is 16.8 Å². The molecule has 0 aliphatic carbocycles. The van der Waals surface area contributed by atoms with E-state index in [9.17, 15) is 17.6 Å². The second-order valence-electron chi connectivity index (χ2n) is 5.86. The molecule has 0 atom stereocenters. The maximum Gasteiger partial charge on any atom is 0.419 e. The number of nitrogens with zero attached hydrogens (tertiary/aromatic N) is 1. The molecule has 3 nitrogen and oxygen atoms in total. The van der Waals surface area contributed by atoms with Crippen LogP contribution in [0.15, 0.2) is 42.5 Å². The van der Waals surface area contributed by atoms with E-state index in [1.54, 1.807) is 25.3 Å². The fourth-order valence-electron chi connectivity index (χ4n) is 2.71. The van der Waals surface area contributed by atoms with Gasteiger partial charge in [-0.2, -0.15) is 13.2 Å². The van der Waals surface area contributed by atoms with Gasteiger partial charge in [0, 0.05) is 23.3 Å². The highest BCUT2D eigenvalue weighted by Gasteiger charge is 2.34. The maximum absolute atomic E-state index is 13.4. The summed E-state index contributed by atoms with van der Waals surface area (Å²) in [4.78, 5) is 4.43. The van der Waals surface area contributed by atoms with Crippen molar-refractivity contribution >= 4 is 16.6 Å². The summed E-state index contributed by atoms with van der Waals surface area (Å²) in [5.41, 5.74) is 1.27. The van der Waals surface area contributed by atoms with E-state index in [0.717, 1.165) is 28.7 Å². The van der Waals surface area contributed by atoms with Crippen LogP contribution in [0, 0.1) is 12.7 Å². The fraction of sp³-hybridized carbons (Fsp3) is 0.211. The average molecular weight is 364 g/mol. The van der Waals surface area contributed by atoms with Crippen molar-refractivity contribution in [1.82, 2.24) is 4.98 Å². The first kappa shape index (κ1) is 18.0. The normalized spacial score (nSPS) is 11.6. The van der Waals surface area contributed by atoms with E-state index >= 15 is 0 Å². The zero-order chi connectivity index (χ0) is 18.9. The molecule has 7 heteroatoms. The summed E-state index contributed by atoms with van der Waals surface area (Å²) >= 11 is 0. The van der Waals surface area contributed by atoms with Crippen molar-refractivity contribution in [2.45, 2.75) is 19.6 Å². The van der Waals surface area contributed by atoms with Gasteiger partial charge in [-0.1, -0.05) is 6.07 Å². The molecule has 136 valence electrons. The predicted octanol–water partition coefficient (Wildman–Crippen LogP) is 5.32. The molecule has 3 aromatic rings. The second kappa shape index (κ2) is 6.82. The van der Waals surface area contributed by atoms with Crippen molar-refractivity contribution in [3.05, 3.63) is 65.1 Å². The number of alkyl halides is 3. The first-order valence-corrected chi connectivity index (χ1v) is 7.83. The van der Waals surface area contributed by atoms with Gasteiger partial charge in [0.15, 0.2) is 0 Å². The molecular weight excluding hydrogens is 348 g/mol. The predicted molar refractivity (Wildman–Crippen MR) is 91.8 cm³/mol. The van der Waals surface area contributed by atoms with Gasteiger partial charge >= 0.3 is 6.18 Å². The quantitative estimate of drug-likeness (QED) is 0.636. The van der Waals surface area contributed by atoms with E-state index in [2.05, 4.69) is 10.3 Å². The zero-order valence-electron chi connectivity index (χ0n) is 14.1. The van der Waals surface area contributed by atoms with Crippen LogP contribution < -0.4 is 10.1 Å². The van der Waals surface area contributed by atoms with Gasteiger partial charge < -0.3 is 10.1 Å². The number of fused-ring (bicyclic) bond motifs is 1. The van der Waals surface area contributed by atoms with Crippen molar-refractivity contribution in [2.75, 3.05) is 12.4 Å². The molecule has 0 aliphatic rings. The minimum Gasteiger partial charge on any atom is -0.497 e. The second-order valence-corrected chi connectivity index (χ2v) is 5.86. The van der Waals surface area contributed by atoms with Crippen LogP contribution in [0.2, 0.25) is 0 Å². The number of benzene rings is 2. The van der Waals surface area contributed by atoms with Crippen LogP contribution in [-0.2, 0) is 12.7 Å². The van der Waals surface area contributed by atoms with E-state index in [1.807, 2.05) is 13.0 Å². The number of nitrogens with one attached hydrogen (secondary N) is 1. The molecule has 0 fully saturated rings. The lowest BCUT2D eigenvalue weighted by molar-refractivity contribution is -0.140. The summed E-state index contributed by atoms with van der Waals surface area (Å²) in [7, 11) is 1.55. The Morgan fingerprint density at radius 1 is 1.08 bits per heavy atom. The Balaban J connectivity index is 1.93. The van der Waals surface area contributed by atoms with Crippen LogP contribution >= 0.6 is 0 Å². The number of hydrogen-bond acceptors (Lipinski definition) is 3. The van der Waals surface area contributed by atoms with Gasteiger partial charge in [0.25, 0.3) is 0 Å². The Kier molecular flexibility index (Phi) is 4.71. The smallest absolute Gasteiger partial charge is 0.419 e. The Bertz CT molecular complexity index is 954. The maximum atomic E-state index is 13.4. The Morgan fingerprint density at radius 3 is 2.54 bits per heavy atom. The number of pyridine rings is 1.